The summed E-state index contributed by atoms with van der Waals surface area (Å²) in [6.45, 7) is 11.1. The lowest BCUT2D eigenvalue weighted by Gasteiger charge is -2.37. The summed E-state index contributed by atoms with van der Waals surface area (Å²) in [5, 5.41) is 8.89. The van der Waals surface area contributed by atoms with Crippen LogP contribution in [0.1, 0.15) is 20.8 Å². The van der Waals surface area contributed by atoms with Crippen LogP contribution in [0.25, 0.3) is 0 Å². The second-order valence-corrected chi connectivity index (χ2v) is 4.74. The molecule has 1 N–H and O–H groups in total. The van der Waals surface area contributed by atoms with Crippen molar-refractivity contribution < 1.29 is 9.90 Å². The van der Waals surface area contributed by atoms with Gasteiger partial charge in [0.05, 0.1) is 0 Å². The Balaban J connectivity index is 2.32. The predicted octanol–water partition coefficient (Wildman–Crippen LogP) is 0.733. The van der Waals surface area contributed by atoms with Crippen molar-refractivity contribution in [2.24, 2.45) is 5.92 Å². The highest BCUT2D eigenvalue weighted by Gasteiger charge is 2.24. The molecule has 1 heterocycles. The van der Waals surface area contributed by atoms with Crippen LogP contribution in [-0.2, 0) is 4.79 Å². The van der Waals surface area contributed by atoms with Gasteiger partial charge in [-0.3, -0.25) is 9.69 Å². The molecule has 0 amide bonds. The SMILES string of the molecule is CC(C)CN1CCN(C(C)C(=O)O)CC1. The monoisotopic (exact) mass is 214 g/mol. The summed E-state index contributed by atoms with van der Waals surface area (Å²) >= 11 is 0. The van der Waals surface area contributed by atoms with E-state index in [1.165, 1.54) is 0 Å². The fourth-order valence-electron chi connectivity index (χ4n) is 2.01. The third-order valence-corrected chi connectivity index (χ3v) is 2.94. The quantitative estimate of drug-likeness (QED) is 0.749. The normalized spacial score (nSPS) is 21.9. The summed E-state index contributed by atoms with van der Waals surface area (Å²) in [5.41, 5.74) is 0. The van der Waals surface area contributed by atoms with Crippen molar-refractivity contribution in [1.29, 1.82) is 0 Å². The zero-order chi connectivity index (χ0) is 11.4. The van der Waals surface area contributed by atoms with Gasteiger partial charge in [0, 0.05) is 32.7 Å². The van der Waals surface area contributed by atoms with E-state index in [0.717, 1.165) is 32.7 Å². The first-order valence-corrected chi connectivity index (χ1v) is 5.70. The highest BCUT2D eigenvalue weighted by atomic mass is 16.4. The molecule has 88 valence electrons. The van der Waals surface area contributed by atoms with Gasteiger partial charge in [-0.2, -0.15) is 0 Å². The first-order chi connectivity index (χ1) is 7.00. The molecule has 1 saturated heterocycles. The average molecular weight is 214 g/mol. The van der Waals surface area contributed by atoms with E-state index < -0.39 is 5.97 Å². The van der Waals surface area contributed by atoms with Crippen LogP contribution in [0.4, 0.5) is 0 Å². The van der Waals surface area contributed by atoms with Gasteiger partial charge in [-0.25, -0.2) is 0 Å². The van der Waals surface area contributed by atoms with E-state index >= 15 is 0 Å². The second-order valence-electron chi connectivity index (χ2n) is 4.74. The summed E-state index contributed by atoms with van der Waals surface area (Å²) in [4.78, 5) is 15.3. The van der Waals surface area contributed by atoms with Gasteiger partial charge in [-0.1, -0.05) is 13.8 Å². The molecule has 0 radical (unpaired) electrons. The van der Waals surface area contributed by atoms with Crippen molar-refractivity contribution in [2.45, 2.75) is 26.8 Å². The van der Waals surface area contributed by atoms with E-state index in [1.807, 2.05) is 4.90 Å². The molecule has 1 aliphatic rings. The van der Waals surface area contributed by atoms with E-state index in [9.17, 15) is 4.79 Å². The van der Waals surface area contributed by atoms with Gasteiger partial charge in [-0.15, -0.1) is 0 Å². The highest BCUT2D eigenvalue weighted by molar-refractivity contribution is 5.72. The van der Waals surface area contributed by atoms with Gasteiger partial charge in [0.15, 0.2) is 0 Å². The van der Waals surface area contributed by atoms with Gasteiger partial charge >= 0.3 is 5.97 Å². The lowest BCUT2D eigenvalue weighted by molar-refractivity contribution is -0.143. The number of hydrogen-bond donors (Lipinski definition) is 1. The van der Waals surface area contributed by atoms with E-state index in [-0.39, 0.29) is 6.04 Å². The van der Waals surface area contributed by atoms with E-state index in [0.29, 0.717) is 5.92 Å². The van der Waals surface area contributed by atoms with Crippen LogP contribution in [0, 0.1) is 5.92 Å². The molecule has 4 heteroatoms. The standard InChI is InChI=1S/C11H22N2O2/c1-9(2)8-12-4-6-13(7-5-12)10(3)11(14)15/h9-10H,4-8H2,1-3H3,(H,14,15). The Morgan fingerprint density at radius 1 is 1.20 bits per heavy atom. The summed E-state index contributed by atoms with van der Waals surface area (Å²) in [6, 6.07) is -0.341. The highest BCUT2D eigenvalue weighted by Crippen LogP contribution is 2.08. The molecule has 0 spiro atoms. The number of rotatable bonds is 4. The minimum Gasteiger partial charge on any atom is -0.480 e. The molecule has 1 unspecified atom stereocenters. The Morgan fingerprint density at radius 3 is 2.13 bits per heavy atom. The number of carboxylic acid groups (broad SMARTS) is 1. The maximum Gasteiger partial charge on any atom is 0.320 e. The van der Waals surface area contributed by atoms with E-state index in [1.54, 1.807) is 6.92 Å². The molecule has 0 bridgehead atoms. The smallest absolute Gasteiger partial charge is 0.320 e. The Morgan fingerprint density at radius 2 is 1.73 bits per heavy atom. The van der Waals surface area contributed by atoms with Crippen LogP contribution >= 0.6 is 0 Å². The minimum absolute atomic E-state index is 0.341. The van der Waals surface area contributed by atoms with Crippen LogP contribution in [0.3, 0.4) is 0 Å². The zero-order valence-corrected chi connectivity index (χ0v) is 9.94. The van der Waals surface area contributed by atoms with Gasteiger partial charge in [0.2, 0.25) is 0 Å². The van der Waals surface area contributed by atoms with Crippen LogP contribution in [-0.4, -0.2) is 59.6 Å². The molecule has 0 aliphatic carbocycles. The number of aliphatic carboxylic acids is 1. The Bertz CT molecular complexity index is 211. The predicted molar refractivity (Wildman–Crippen MR) is 59.9 cm³/mol. The van der Waals surface area contributed by atoms with Gasteiger partial charge in [-0.05, 0) is 12.8 Å². The van der Waals surface area contributed by atoms with Crippen LogP contribution in [0.15, 0.2) is 0 Å². The average Bonchev–Trinajstić information content (AvgIpc) is 2.17. The molecular formula is C11H22N2O2. The number of hydrogen-bond acceptors (Lipinski definition) is 3. The van der Waals surface area contributed by atoms with Crippen molar-refractivity contribution in [3.8, 4) is 0 Å². The molecule has 0 saturated carbocycles. The van der Waals surface area contributed by atoms with Gasteiger partial charge in [0.1, 0.15) is 6.04 Å². The van der Waals surface area contributed by atoms with Crippen molar-refractivity contribution in [2.75, 3.05) is 32.7 Å². The lowest BCUT2D eigenvalue weighted by atomic mass is 10.1. The maximum absolute atomic E-state index is 10.8. The minimum atomic E-state index is -0.715. The molecule has 0 aromatic heterocycles. The van der Waals surface area contributed by atoms with Crippen LogP contribution in [0.5, 0.6) is 0 Å². The van der Waals surface area contributed by atoms with Crippen LogP contribution in [0.2, 0.25) is 0 Å². The van der Waals surface area contributed by atoms with Gasteiger partial charge < -0.3 is 10.0 Å². The van der Waals surface area contributed by atoms with Gasteiger partial charge in [0.25, 0.3) is 0 Å². The largest absolute Gasteiger partial charge is 0.480 e. The molecule has 1 fully saturated rings. The Labute approximate surface area is 91.9 Å². The van der Waals surface area contributed by atoms with Crippen LogP contribution < -0.4 is 0 Å². The van der Waals surface area contributed by atoms with E-state index in [2.05, 4.69) is 18.7 Å². The number of piperazine rings is 1. The third kappa shape index (κ3) is 3.80. The number of carbonyl (C=O) groups is 1. The van der Waals surface area contributed by atoms with Crippen molar-refractivity contribution >= 4 is 5.97 Å². The topological polar surface area (TPSA) is 43.8 Å². The Kier molecular flexibility index (Phi) is 4.54. The molecular weight excluding hydrogens is 192 g/mol. The molecule has 1 rings (SSSR count). The molecule has 15 heavy (non-hydrogen) atoms. The lowest BCUT2D eigenvalue weighted by Crippen LogP contribution is -2.52. The molecule has 1 atom stereocenters. The maximum atomic E-state index is 10.8. The molecule has 1 aliphatic heterocycles. The first-order valence-electron chi connectivity index (χ1n) is 5.70. The summed E-state index contributed by atoms with van der Waals surface area (Å²) in [5.74, 6) is -0.0271. The number of nitrogens with zero attached hydrogens (tertiary/aromatic N) is 2. The third-order valence-electron chi connectivity index (χ3n) is 2.94. The molecule has 4 nitrogen and oxygen atoms in total. The summed E-state index contributed by atoms with van der Waals surface area (Å²) < 4.78 is 0. The van der Waals surface area contributed by atoms with Crippen molar-refractivity contribution in [1.82, 2.24) is 9.80 Å². The Hall–Kier alpha value is -0.610. The summed E-state index contributed by atoms with van der Waals surface area (Å²) in [7, 11) is 0. The molecule has 0 aromatic carbocycles. The van der Waals surface area contributed by atoms with E-state index in [4.69, 9.17) is 5.11 Å². The fourth-order valence-corrected chi connectivity index (χ4v) is 2.01. The first kappa shape index (κ1) is 12.5. The second kappa shape index (κ2) is 5.47. The summed E-state index contributed by atoms with van der Waals surface area (Å²) in [6.07, 6.45) is 0. The van der Waals surface area contributed by atoms with Crippen molar-refractivity contribution in [3.05, 3.63) is 0 Å². The molecule has 0 aromatic rings. The number of carboxylic acids is 1. The fraction of sp³-hybridized carbons (Fsp3) is 0.909. The zero-order valence-electron chi connectivity index (χ0n) is 9.94. The van der Waals surface area contributed by atoms with Crippen molar-refractivity contribution in [3.63, 3.8) is 0 Å².